The van der Waals surface area contributed by atoms with Crippen LogP contribution < -0.4 is 9.47 Å². The van der Waals surface area contributed by atoms with Gasteiger partial charge in [0.15, 0.2) is 0 Å². The second-order valence-corrected chi connectivity index (χ2v) is 10.1. The highest BCUT2D eigenvalue weighted by Crippen LogP contribution is 2.35. The molecule has 6 heteroatoms. The van der Waals surface area contributed by atoms with Crippen molar-refractivity contribution in [3.8, 4) is 11.5 Å². The zero-order valence-electron chi connectivity index (χ0n) is 22.8. The van der Waals surface area contributed by atoms with Gasteiger partial charge in [-0.05, 0) is 77.3 Å². The number of nitrogens with zero attached hydrogens (tertiary/aromatic N) is 2. The van der Waals surface area contributed by atoms with Crippen molar-refractivity contribution in [2.24, 2.45) is 0 Å². The number of aliphatic hydroxyl groups excluding tert-OH is 1. The number of pyridine rings is 2. The molecule has 0 unspecified atom stereocenters. The topological polar surface area (TPSA) is 73.7 Å². The molecule has 0 aliphatic carbocycles. The van der Waals surface area contributed by atoms with E-state index in [4.69, 9.17) is 19.2 Å². The van der Waals surface area contributed by atoms with E-state index in [2.05, 4.69) is 50.9 Å². The average Bonchev–Trinajstić information content (AvgIpc) is 2.90. The van der Waals surface area contributed by atoms with Crippen molar-refractivity contribution in [3.63, 3.8) is 0 Å². The van der Waals surface area contributed by atoms with E-state index in [1.54, 1.807) is 14.2 Å². The summed E-state index contributed by atoms with van der Waals surface area (Å²) >= 11 is 0. The molecule has 0 spiro atoms. The average molecular weight is 503 g/mol. The Morgan fingerprint density at radius 1 is 0.838 bits per heavy atom. The highest BCUT2D eigenvalue weighted by molar-refractivity contribution is 5.89. The SMILES string of the molecule is COCCOc1cc(CCc2cnc3c(CO)cc(OC)cc3c2C(C)C)cc2c(C(C)C)ccnc12. The van der Waals surface area contributed by atoms with Gasteiger partial charge in [-0.3, -0.25) is 9.97 Å². The van der Waals surface area contributed by atoms with Crippen molar-refractivity contribution in [2.75, 3.05) is 27.4 Å². The highest BCUT2D eigenvalue weighted by atomic mass is 16.5. The molecule has 6 nitrogen and oxygen atoms in total. The molecule has 0 radical (unpaired) electrons. The van der Waals surface area contributed by atoms with Crippen molar-refractivity contribution in [3.05, 3.63) is 70.5 Å². The standard InChI is InChI=1S/C31H38N2O4/c1-19(2)25-9-10-32-31-26(25)13-21(14-28(31)37-12-11-35-5)7-8-22-17-33-30-23(18-34)15-24(36-6)16-27(30)29(22)20(3)4/h9-10,13-17,19-20,34H,7-8,11-12,18H2,1-6H3. The molecule has 2 aromatic heterocycles. The normalized spacial score (nSPS) is 11.7. The Morgan fingerprint density at radius 2 is 1.65 bits per heavy atom. The first-order chi connectivity index (χ1) is 17.9. The van der Waals surface area contributed by atoms with Crippen molar-refractivity contribution in [1.29, 1.82) is 0 Å². The molecule has 1 N–H and O–H groups in total. The van der Waals surface area contributed by atoms with Crippen molar-refractivity contribution < 1.29 is 19.3 Å². The van der Waals surface area contributed by atoms with Crippen LogP contribution in [-0.4, -0.2) is 42.5 Å². The first kappa shape index (κ1) is 26.8. The number of aliphatic hydroxyl groups is 1. The van der Waals surface area contributed by atoms with Gasteiger partial charge in [0.05, 0.1) is 25.8 Å². The van der Waals surface area contributed by atoms with E-state index in [1.165, 1.54) is 22.3 Å². The van der Waals surface area contributed by atoms with Crippen LogP contribution >= 0.6 is 0 Å². The summed E-state index contributed by atoms with van der Waals surface area (Å²) in [5.74, 6) is 2.20. The fourth-order valence-corrected chi connectivity index (χ4v) is 5.10. The Morgan fingerprint density at radius 3 is 2.32 bits per heavy atom. The van der Waals surface area contributed by atoms with E-state index < -0.39 is 0 Å². The van der Waals surface area contributed by atoms with Gasteiger partial charge in [-0.2, -0.15) is 0 Å². The Hall–Kier alpha value is -3.22. The number of fused-ring (bicyclic) bond motifs is 2. The van der Waals surface area contributed by atoms with Crippen molar-refractivity contribution >= 4 is 21.8 Å². The summed E-state index contributed by atoms with van der Waals surface area (Å²) in [6.45, 7) is 9.74. The second-order valence-electron chi connectivity index (χ2n) is 10.1. The Bertz CT molecular complexity index is 1380. The molecule has 0 aliphatic rings. The van der Waals surface area contributed by atoms with Gasteiger partial charge in [0.1, 0.15) is 23.6 Å². The lowest BCUT2D eigenvalue weighted by Gasteiger charge is -2.19. The maximum atomic E-state index is 9.94. The number of rotatable bonds is 11. The molecule has 0 saturated carbocycles. The third kappa shape index (κ3) is 5.71. The molecule has 0 aliphatic heterocycles. The lowest BCUT2D eigenvalue weighted by Crippen LogP contribution is -2.07. The van der Waals surface area contributed by atoms with Gasteiger partial charge >= 0.3 is 0 Å². The zero-order chi connectivity index (χ0) is 26.5. The summed E-state index contributed by atoms with van der Waals surface area (Å²) in [6.07, 6.45) is 5.52. The third-order valence-corrected chi connectivity index (χ3v) is 6.88. The van der Waals surface area contributed by atoms with Crippen LogP contribution in [0.2, 0.25) is 0 Å². The fraction of sp³-hybridized carbons (Fsp3) is 0.419. The minimum Gasteiger partial charge on any atom is -0.497 e. The molecule has 0 fully saturated rings. The van der Waals surface area contributed by atoms with E-state index in [0.717, 1.165) is 51.7 Å². The fourth-order valence-electron chi connectivity index (χ4n) is 5.10. The predicted molar refractivity (Wildman–Crippen MR) is 149 cm³/mol. The van der Waals surface area contributed by atoms with Gasteiger partial charge < -0.3 is 19.3 Å². The van der Waals surface area contributed by atoms with Gasteiger partial charge in [0.2, 0.25) is 0 Å². The second kappa shape index (κ2) is 11.9. The van der Waals surface area contributed by atoms with Gasteiger partial charge in [0, 0.05) is 35.8 Å². The third-order valence-electron chi connectivity index (χ3n) is 6.88. The highest BCUT2D eigenvalue weighted by Gasteiger charge is 2.17. The summed E-state index contributed by atoms with van der Waals surface area (Å²) in [5.41, 5.74) is 7.43. The minimum absolute atomic E-state index is 0.0766. The number of aromatic nitrogens is 2. The van der Waals surface area contributed by atoms with Crippen molar-refractivity contribution in [2.45, 2.75) is 59.0 Å². The summed E-state index contributed by atoms with van der Waals surface area (Å²) in [4.78, 5) is 9.43. The van der Waals surface area contributed by atoms with E-state index in [-0.39, 0.29) is 6.61 Å². The molecule has 196 valence electrons. The minimum atomic E-state index is -0.0766. The van der Waals surface area contributed by atoms with Crippen LogP contribution in [-0.2, 0) is 24.2 Å². The number of aryl methyl sites for hydroxylation is 2. The zero-order valence-corrected chi connectivity index (χ0v) is 22.8. The van der Waals surface area contributed by atoms with E-state index >= 15 is 0 Å². The summed E-state index contributed by atoms with van der Waals surface area (Å²) in [6, 6.07) is 10.4. The van der Waals surface area contributed by atoms with Crippen LogP contribution in [0.5, 0.6) is 11.5 Å². The number of hydrogen-bond acceptors (Lipinski definition) is 6. The Labute approximate surface area is 219 Å². The summed E-state index contributed by atoms with van der Waals surface area (Å²) in [5, 5.41) is 12.1. The number of ether oxygens (including phenoxy) is 3. The molecule has 0 bridgehead atoms. The molecule has 2 heterocycles. The molecule has 0 amide bonds. The maximum Gasteiger partial charge on any atom is 0.145 e. The molecule has 0 saturated heterocycles. The summed E-state index contributed by atoms with van der Waals surface area (Å²) < 4.78 is 16.8. The lowest BCUT2D eigenvalue weighted by atomic mass is 9.89. The van der Waals surface area contributed by atoms with E-state index in [1.807, 2.05) is 24.5 Å². The van der Waals surface area contributed by atoms with Crippen LogP contribution in [0.4, 0.5) is 0 Å². The van der Waals surface area contributed by atoms with E-state index in [0.29, 0.717) is 25.0 Å². The van der Waals surface area contributed by atoms with Gasteiger partial charge in [-0.25, -0.2) is 0 Å². The molecular weight excluding hydrogens is 464 g/mol. The molecular formula is C31H38N2O4. The molecule has 0 atom stereocenters. The molecule has 2 aromatic carbocycles. The number of benzene rings is 2. The van der Waals surface area contributed by atoms with Crippen LogP contribution in [0, 0.1) is 0 Å². The van der Waals surface area contributed by atoms with Crippen LogP contribution in [0.15, 0.2) is 42.7 Å². The van der Waals surface area contributed by atoms with Crippen LogP contribution in [0.25, 0.3) is 21.8 Å². The molecule has 4 rings (SSSR count). The van der Waals surface area contributed by atoms with Gasteiger partial charge in [0.25, 0.3) is 0 Å². The number of methoxy groups -OCH3 is 2. The molecule has 4 aromatic rings. The maximum absolute atomic E-state index is 9.94. The quantitative estimate of drug-likeness (QED) is 0.241. The lowest BCUT2D eigenvalue weighted by molar-refractivity contribution is 0.147. The summed E-state index contributed by atoms with van der Waals surface area (Å²) in [7, 11) is 3.33. The predicted octanol–water partition coefficient (Wildman–Crippen LogP) is 6.34. The Balaban J connectivity index is 1.76. The van der Waals surface area contributed by atoms with Crippen LogP contribution in [0.3, 0.4) is 0 Å². The Kier molecular flexibility index (Phi) is 8.62. The first-order valence-corrected chi connectivity index (χ1v) is 13.0. The van der Waals surface area contributed by atoms with Crippen LogP contribution in [0.1, 0.15) is 67.3 Å². The first-order valence-electron chi connectivity index (χ1n) is 13.0. The molecule has 37 heavy (non-hydrogen) atoms. The van der Waals surface area contributed by atoms with E-state index in [9.17, 15) is 5.11 Å². The number of hydrogen-bond donors (Lipinski definition) is 1. The van der Waals surface area contributed by atoms with Crippen molar-refractivity contribution in [1.82, 2.24) is 9.97 Å². The van der Waals surface area contributed by atoms with Gasteiger partial charge in [-0.15, -0.1) is 0 Å². The smallest absolute Gasteiger partial charge is 0.145 e. The van der Waals surface area contributed by atoms with Gasteiger partial charge in [-0.1, -0.05) is 27.7 Å². The largest absolute Gasteiger partial charge is 0.497 e. The monoisotopic (exact) mass is 502 g/mol.